The monoisotopic (exact) mass is 410 g/mol. The fourth-order valence-electron chi connectivity index (χ4n) is 2.91. The molecule has 0 aromatic heterocycles. The first-order chi connectivity index (χ1) is 12.7. The average molecular weight is 411 g/mol. The standard InChI is InChI=1S/C20H23ClN2O3.ClH/c1-25-19-11-15(20(24)23-17-3-2-10-22-12-17)6-9-18(19)26-13-14-4-7-16(21)8-5-14;/h4-9,11,17,22H,2-3,10,12-13H2,1H3,(H,23,24);1H. The summed E-state index contributed by atoms with van der Waals surface area (Å²) in [7, 11) is 1.57. The predicted molar refractivity (Wildman–Crippen MR) is 109 cm³/mol. The van der Waals surface area contributed by atoms with Crippen molar-refractivity contribution < 1.29 is 14.3 Å². The molecule has 7 heteroatoms. The van der Waals surface area contributed by atoms with Gasteiger partial charge in [-0.15, -0.1) is 12.4 Å². The average Bonchev–Trinajstić information content (AvgIpc) is 2.68. The van der Waals surface area contributed by atoms with Gasteiger partial charge in [-0.3, -0.25) is 4.79 Å². The highest BCUT2D eigenvalue weighted by Crippen LogP contribution is 2.29. The van der Waals surface area contributed by atoms with E-state index in [1.54, 1.807) is 25.3 Å². The third kappa shape index (κ3) is 6.03. The van der Waals surface area contributed by atoms with Gasteiger partial charge in [0.25, 0.3) is 5.91 Å². The quantitative estimate of drug-likeness (QED) is 0.759. The van der Waals surface area contributed by atoms with Crippen LogP contribution in [0.1, 0.15) is 28.8 Å². The Morgan fingerprint density at radius 3 is 2.67 bits per heavy atom. The van der Waals surface area contributed by atoms with Gasteiger partial charge < -0.3 is 20.1 Å². The third-order valence-electron chi connectivity index (χ3n) is 4.37. The van der Waals surface area contributed by atoms with E-state index in [0.29, 0.717) is 28.7 Å². The molecule has 1 fully saturated rings. The van der Waals surface area contributed by atoms with Crippen LogP contribution in [0.5, 0.6) is 11.5 Å². The first-order valence-corrected chi connectivity index (χ1v) is 9.10. The summed E-state index contributed by atoms with van der Waals surface area (Å²) in [5.74, 6) is 1.04. The summed E-state index contributed by atoms with van der Waals surface area (Å²) in [6.45, 7) is 2.22. The number of ether oxygens (including phenoxy) is 2. The summed E-state index contributed by atoms with van der Waals surface area (Å²) in [4.78, 5) is 12.5. The fraction of sp³-hybridized carbons (Fsp3) is 0.350. The molecule has 1 aliphatic rings. The van der Waals surface area contributed by atoms with Crippen LogP contribution in [0.4, 0.5) is 0 Å². The van der Waals surface area contributed by atoms with Crippen molar-refractivity contribution in [1.82, 2.24) is 10.6 Å². The second-order valence-electron chi connectivity index (χ2n) is 6.30. The van der Waals surface area contributed by atoms with Crippen LogP contribution in [-0.2, 0) is 6.61 Å². The van der Waals surface area contributed by atoms with E-state index in [1.807, 2.05) is 24.3 Å². The molecule has 3 rings (SSSR count). The van der Waals surface area contributed by atoms with E-state index in [9.17, 15) is 4.79 Å². The lowest BCUT2D eigenvalue weighted by atomic mass is 10.1. The van der Waals surface area contributed by atoms with Gasteiger partial charge in [-0.25, -0.2) is 0 Å². The van der Waals surface area contributed by atoms with Crippen LogP contribution in [0.3, 0.4) is 0 Å². The molecule has 5 nitrogen and oxygen atoms in total. The number of nitrogens with one attached hydrogen (secondary N) is 2. The second kappa shape index (κ2) is 10.4. The predicted octanol–water partition coefficient (Wildman–Crippen LogP) is 3.83. The maximum absolute atomic E-state index is 12.5. The Bertz CT molecular complexity index is 747. The summed E-state index contributed by atoms with van der Waals surface area (Å²) in [5.41, 5.74) is 1.56. The van der Waals surface area contributed by atoms with E-state index in [1.165, 1.54) is 0 Å². The van der Waals surface area contributed by atoms with Crippen molar-refractivity contribution in [3.05, 3.63) is 58.6 Å². The first-order valence-electron chi connectivity index (χ1n) is 8.72. The summed E-state index contributed by atoms with van der Waals surface area (Å²) in [6.07, 6.45) is 2.07. The number of methoxy groups -OCH3 is 1. The molecule has 1 aliphatic heterocycles. The summed E-state index contributed by atoms with van der Waals surface area (Å²) in [6, 6.07) is 12.9. The fourth-order valence-corrected chi connectivity index (χ4v) is 3.04. The van der Waals surface area contributed by atoms with Crippen molar-refractivity contribution in [2.75, 3.05) is 20.2 Å². The molecule has 2 N–H and O–H groups in total. The molecule has 1 amide bonds. The largest absolute Gasteiger partial charge is 0.493 e. The van der Waals surface area contributed by atoms with Gasteiger partial charge in [0, 0.05) is 23.2 Å². The molecule has 146 valence electrons. The van der Waals surface area contributed by atoms with Crippen molar-refractivity contribution in [1.29, 1.82) is 0 Å². The van der Waals surface area contributed by atoms with Gasteiger partial charge >= 0.3 is 0 Å². The smallest absolute Gasteiger partial charge is 0.251 e. The van der Waals surface area contributed by atoms with Crippen molar-refractivity contribution >= 4 is 29.9 Å². The minimum absolute atomic E-state index is 0. The van der Waals surface area contributed by atoms with E-state index in [0.717, 1.165) is 31.5 Å². The highest BCUT2D eigenvalue weighted by atomic mass is 35.5. The zero-order chi connectivity index (χ0) is 18.4. The Morgan fingerprint density at radius 2 is 2.00 bits per heavy atom. The number of benzene rings is 2. The summed E-state index contributed by atoms with van der Waals surface area (Å²) >= 11 is 5.89. The van der Waals surface area contributed by atoms with Crippen LogP contribution in [-0.4, -0.2) is 32.1 Å². The molecule has 1 saturated heterocycles. The minimum atomic E-state index is -0.0961. The molecule has 2 aromatic rings. The van der Waals surface area contributed by atoms with Crippen molar-refractivity contribution in [3.8, 4) is 11.5 Å². The Labute approximate surface area is 170 Å². The zero-order valence-electron chi connectivity index (χ0n) is 15.2. The number of carbonyl (C=O) groups is 1. The second-order valence-corrected chi connectivity index (χ2v) is 6.73. The lowest BCUT2D eigenvalue weighted by Crippen LogP contribution is -2.45. The van der Waals surface area contributed by atoms with Crippen LogP contribution >= 0.6 is 24.0 Å². The molecule has 1 unspecified atom stereocenters. The van der Waals surface area contributed by atoms with E-state index in [-0.39, 0.29) is 24.4 Å². The minimum Gasteiger partial charge on any atom is -0.493 e. The highest BCUT2D eigenvalue weighted by molar-refractivity contribution is 6.30. The molecular formula is C20H24Cl2N2O3. The van der Waals surface area contributed by atoms with Crippen molar-refractivity contribution in [2.24, 2.45) is 0 Å². The van der Waals surface area contributed by atoms with Crippen LogP contribution < -0.4 is 20.1 Å². The van der Waals surface area contributed by atoms with Gasteiger partial charge in [0.15, 0.2) is 11.5 Å². The molecule has 0 radical (unpaired) electrons. The zero-order valence-corrected chi connectivity index (χ0v) is 16.7. The number of carbonyl (C=O) groups excluding carboxylic acids is 1. The number of halogens is 2. The van der Waals surface area contributed by atoms with Gasteiger partial charge in [0.1, 0.15) is 6.61 Å². The molecular weight excluding hydrogens is 387 g/mol. The molecule has 1 atom stereocenters. The van der Waals surface area contributed by atoms with E-state index >= 15 is 0 Å². The maximum atomic E-state index is 12.5. The lowest BCUT2D eigenvalue weighted by Gasteiger charge is -2.24. The lowest BCUT2D eigenvalue weighted by molar-refractivity contribution is 0.0930. The normalized spacial score (nSPS) is 16.1. The highest BCUT2D eigenvalue weighted by Gasteiger charge is 2.17. The SMILES string of the molecule is COc1cc(C(=O)NC2CCCNC2)ccc1OCc1ccc(Cl)cc1.Cl. The van der Waals surface area contributed by atoms with Crippen LogP contribution in [0.25, 0.3) is 0 Å². The first kappa shape index (κ1) is 21.4. The molecule has 0 bridgehead atoms. The van der Waals surface area contributed by atoms with Gasteiger partial charge in [-0.2, -0.15) is 0 Å². The Hall–Kier alpha value is -1.95. The molecule has 2 aromatic carbocycles. The number of amides is 1. The Kier molecular flexibility index (Phi) is 8.23. The van der Waals surface area contributed by atoms with Gasteiger partial charge in [0.2, 0.25) is 0 Å². The van der Waals surface area contributed by atoms with Crippen molar-refractivity contribution in [3.63, 3.8) is 0 Å². The summed E-state index contributed by atoms with van der Waals surface area (Å²) < 4.78 is 11.2. The van der Waals surface area contributed by atoms with Crippen LogP contribution in [0.15, 0.2) is 42.5 Å². The van der Waals surface area contributed by atoms with E-state index in [2.05, 4.69) is 10.6 Å². The van der Waals surface area contributed by atoms with E-state index in [4.69, 9.17) is 21.1 Å². The number of piperidine rings is 1. The Morgan fingerprint density at radius 1 is 1.22 bits per heavy atom. The van der Waals surface area contributed by atoms with Crippen LogP contribution in [0.2, 0.25) is 5.02 Å². The van der Waals surface area contributed by atoms with Gasteiger partial charge in [0.05, 0.1) is 7.11 Å². The molecule has 27 heavy (non-hydrogen) atoms. The van der Waals surface area contributed by atoms with Gasteiger partial charge in [-0.1, -0.05) is 23.7 Å². The molecule has 0 aliphatic carbocycles. The number of hydrogen-bond donors (Lipinski definition) is 2. The van der Waals surface area contributed by atoms with Crippen LogP contribution in [0, 0.1) is 0 Å². The Balaban J connectivity index is 0.00000261. The van der Waals surface area contributed by atoms with E-state index < -0.39 is 0 Å². The number of rotatable bonds is 6. The van der Waals surface area contributed by atoms with Gasteiger partial charge in [-0.05, 0) is 55.3 Å². The third-order valence-corrected chi connectivity index (χ3v) is 4.62. The topological polar surface area (TPSA) is 59.6 Å². The molecule has 1 heterocycles. The number of hydrogen-bond acceptors (Lipinski definition) is 4. The molecule has 0 saturated carbocycles. The van der Waals surface area contributed by atoms with Crippen molar-refractivity contribution in [2.45, 2.75) is 25.5 Å². The maximum Gasteiger partial charge on any atom is 0.251 e. The summed E-state index contributed by atoms with van der Waals surface area (Å²) in [5, 5.41) is 7.04. The molecule has 0 spiro atoms.